The van der Waals surface area contributed by atoms with E-state index in [1.54, 1.807) is 12.1 Å². The molecular formula is C20H24FN5O3. The first-order valence-corrected chi connectivity index (χ1v) is 9.81. The van der Waals surface area contributed by atoms with Crippen LogP contribution in [0.4, 0.5) is 20.6 Å². The van der Waals surface area contributed by atoms with Crippen LogP contribution in [0.15, 0.2) is 18.2 Å². The maximum atomic E-state index is 14.9. The standard InChI is InChI=1S/C20H24FN5O3/c1-13(27)23-7-17-12-26(20(28)29-17)16-2-3-19(18(21)6-16)25-10-14-8-24(5-4-22)9-15(14)11-25/h2-3,6,14-15,17H,5,7-12H2,1H3,(H,23,27). The zero-order valence-corrected chi connectivity index (χ0v) is 16.3. The number of carbonyl (C=O) groups excluding carboxylic acids is 2. The Kier molecular flexibility index (Phi) is 5.28. The summed E-state index contributed by atoms with van der Waals surface area (Å²) in [7, 11) is 0. The molecule has 8 nitrogen and oxygen atoms in total. The van der Waals surface area contributed by atoms with Gasteiger partial charge < -0.3 is 15.0 Å². The van der Waals surface area contributed by atoms with Crippen molar-refractivity contribution in [2.24, 2.45) is 11.8 Å². The minimum atomic E-state index is -0.541. The zero-order chi connectivity index (χ0) is 20.5. The first-order valence-electron chi connectivity index (χ1n) is 9.81. The molecule has 3 heterocycles. The number of carbonyl (C=O) groups is 2. The highest BCUT2D eigenvalue weighted by molar-refractivity contribution is 5.90. The molecule has 3 aliphatic heterocycles. The summed E-state index contributed by atoms with van der Waals surface area (Å²) < 4.78 is 20.1. The van der Waals surface area contributed by atoms with Gasteiger partial charge in [-0.1, -0.05) is 0 Å². The summed E-state index contributed by atoms with van der Waals surface area (Å²) in [5.41, 5.74) is 0.985. The summed E-state index contributed by atoms with van der Waals surface area (Å²) in [6.07, 6.45) is -0.996. The number of hydrogen-bond acceptors (Lipinski definition) is 6. The van der Waals surface area contributed by atoms with Gasteiger partial charge in [-0.2, -0.15) is 5.26 Å². The predicted octanol–water partition coefficient (Wildman–Crippen LogP) is 1.18. The molecule has 154 valence electrons. The van der Waals surface area contributed by atoms with Gasteiger partial charge in [0.25, 0.3) is 0 Å². The highest BCUT2D eigenvalue weighted by atomic mass is 19.1. The molecular weight excluding hydrogens is 377 g/mol. The molecule has 2 amide bonds. The van der Waals surface area contributed by atoms with E-state index in [4.69, 9.17) is 10.00 Å². The Morgan fingerprint density at radius 1 is 1.28 bits per heavy atom. The number of likely N-dealkylation sites (tertiary alicyclic amines) is 1. The molecule has 0 aromatic heterocycles. The van der Waals surface area contributed by atoms with Gasteiger partial charge in [0.05, 0.1) is 37.1 Å². The van der Waals surface area contributed by atoms with Crippen LogP contribution >= 0.6 is 0 Å². The van der Waals surface area contributed by atoms with Gasteiger partial charge in [0.15, 0.2) is 0 Å². The lowest BCUT2D eigenvalue weighted by atomic mass is 10.0. The molecule has 4 rings (SSSR count). The highest BCUT2D eigenvalue weighted by Gasteiger charge is 2.40. The molecule has 3 aliphatic rings. The van der Waals surface area contributed by atoms with Crippen LogP contribution in [0.2, 0.25) is 0 Å². The minimum Gasteiger partial charge on any atom is -0.442 e. The maximum Gasteiger partial charge on any atom is 0.414 e. The second-order valence-corrected chi connectivity index (χ2v) is 7.97. The van der Waals surface area contributed by atoms with Crippen molar-refractivity contribution < 1.29 is 18.7 Å². The van der Waals surface area contributed by atoms with E-state index in [1.807, 2.05) is 0 Å². The number of rotatable bonds is 5. The fourth-order valence-electron chi connectivity index (χ4n) is 4.53. The third kappa shape index (κ3) is 3.98. The van der Waals surface area contributed by atoms with Crippen LogP contribution in [0.5, 0.6) is 0 Å². The van der Waals surface area contributed by atoms with Gasteiger partial charge in [0.1, 0.15) is 11.9 Å². The van der Waals surface area contributed by atoms with Crippen LogP contribution in [-0.2, 0) is 9.53 Å². The lowest BCUT2D eigenvalue weighted by Crippen LogP contribution is -2.33. The minimum absolute atomic E-state index is 0.193. The van der Waals surface area contributed by atoms with E-state index in [0.717, 1.165) is 26.2 Å². The molecule has 29 heavy (non-hydrogen) atoms. The number of anilines is 2. The van der Waals surface area contributed by atoms with Crippen molar-refractivity contribution in [1.29, 1.82) is 5.26 Å². The van der Waals surface area contributed by atoms with Crippen LogP contribution in [0, 0.1) is 29.0 Å². The molecule has 1 aromatic rings. The number of halogens is 1. The molecule has 9 heteroatoms. The molecule has 0 bridgehead atoms. The van der Waals surface area contributed by atoms with Gasteiger partial charge in [-0.05, 0) is 30.0 Å². The Hall–Kier alpha value is -2.86. The number of hydrogen-bond donors (Lipinski definition) is 1. The largest absolute Gasteiger partial charge is 0.442 e. The van der Waals surface area contributed by atoms with E-state index in [-0.39, 0.29) is 24.8 Å². The molecule has 0 saturated carbocycles. The van der Waals surface area contributed by atoms with E-state index >= 15 is 0 Å². The fraction of sp³-hybridized carbons (Fsp3) is 0.550. The van der Waals surface area contributed by atoms with Crippen LogP contribution < -0.4 is 15.1 Å². The summed E-state index contributed by atoms with van der Waals surface area (Å²) in [5.74, 6) is 0.339. The summed E-state index contributed by atoms with van der Waals surface area (Å²) >= 11 is 0. The molecule has 0 aliphatic carbocycles. The number of nitrogens with one attached hydrogen (secondary N) is 1. The first-order chi connectivity index (χ1) is 13.9. The summed E-state index contributed by atoms with van der Waals surface area (Å²) in [5, 5.41) is 11.5. The smallest absolute Gasteiger partial charge is 0.414 e. The molecule has 3 fully saturated rings. The Balaban J connectivity index is 1.40. The normalized spacial score (nSPS) is 26.4. The first kappa shape index (κ1) is 19.5. The Morgan fingerprint density at radius 3 is 2.62 bits per heavy atom. The maximum absolute atomic E-state index is 14.9. The summed E-state index contributed by atoms with van der Waals surface area (Å²) in [6.45, 7) is 5.65. The van der Waals surface area contributed by atoms with Crippen molar-refractivity contribution in [1.82, 2.24) is 10.2 Å². The summed E-state index contributed by atoms with van der Waals surface area (Å²) in [4.78, 5) is 28.8. The number of nitrogens with zero attached hydrogens (tertiary/aromatic N) is 4. The molecule has 1 aromatic carbocycles. The van der Waals surface area contributed by atoms with Crippen LogP contribution in [0.25, 0.3) is 0 Å². The monoisotopic (exact) mass is 401 g/mol. The van der Waals surface area contributed by atoms with Crippen LogP contribution in [-0.4, -0.2) is 68.8 Å². The van der Waals surface area contributed by atoms with E-state index in [2.05, 4.69) is 21.2 Å². The van der Waals surface area contributed by atoms with Crippen molar-refractivity contribution >= 4 is 23.4 Å². The lowest BCUT2D eigenvalue weighted by Gasteiger charge is -2.23. The number of ether oxygens (including phenoxy) is 1. The van der Waals surface area contributed by atoms with Gasteiger partial charge in [0, 0.05) is 33.1 Å². The second kappa shape index (κ2) is 7.87. The topological polar surface area (TPSA) is 88.9 Å². The number of nitriles is 1. The Morgan fingerprint density at radius 2 is 2.00 bits per heavy atom. The van der Waals surface area contributed by atoms with E-state index in [1.165, 1.54) is 17.9 Å². The van der Waals surface area contributed by atoms with Gasteiger partial charge in [-0.25, -0.2) is 9.18 Å². The third-order valence-corrected chi connectivity index (χ3v) is 5.89. The average molecular weight is 401 g/mol. The summed E-state index contributed by atoms with van der Waals surface area (Å²) in [6, 6.07) is 7.01. The van der Waals surface area contributed by atoms with Gasteiger partial charge >= 0.3 is 6.09 Å². The van der Waals surface area contributed by atoms with Crippen LogP contribution in [0.3, 0.4) is 0 Å². The molecule has 0 radical (unpaired) electrons. The Bertz CT molecular complexity index is 843. The third-order valence-electron chi connectivity index (χ3n) is 5.89. The Labute approximate surface area is 168 Å². The fourth-order valence-corrected chi connectivity index (χ4v) is 4.53. The quantitative estimate of drug-likeness (QED) is 0.746. The van der Waals surface area contributed by atoms with Gasteiger partial charge in [-0.3, -0.25) is 14.6 Å². The lowest BCUT2D eigenvalue weighted by molar-refractivity contribution is -0.119. The van der Waals surface area contributed by atoms with Crippen molar-refractivity contribution in [2.45, 2.75) is 13.0 Å². The molecule has 3 atom stereocenters. The molecule has 1 N–H and O–H groups in total. The van der Waals surface area contributed by atoms with E-state index < -0.39 is 12.2 Å². The van der Waals surface area contributed by atoms with E-state index in [0.29, 0.717) is 29.8 Å². The number of fused-ring (bicyclic) bond motifs is 1. The van der Waals surface area contributed by atoms with Crippen molar-refractivity contribution in [3.63, 3.8) is 0 Å². The van der Waals surface area contributed by atoms with Crippen molar-refractivity contribution in [3.05, 3.63) is 24.0 Å². The second-order valence-electron chi connectivity index (χ2n) is 7.97. The average Bonchev–Trinajstić information content (AvgIpc) is 3.33. The number of amides is 2. The SMILES string of the molecule is CC(=O)NCC1CN(c2ccc(N3CC4CN(CC#N)CC4C3)c(F)c2)C(=O)O1. The molecule has 3 unspecified atom stereocenters. The van der Waals surface area contributed by atoms with Gasteiger partial charge in [0.2, 0.25) is 5.91 Å². The zero-order valence-electron chi connectivity index (χ0n) is 16.3. The van der Waals surface area contributed by atoms with Crippen molar-refractivity contribution in [3.8, 4) is 6.07 Å². The predicted molar refractivity (Wildman–Crippen MR) is 104 cm³/mol. The highest BCUT2D eigenvalue weighted by Crippen LogP contribution is 2.36. The van der Waals surface area contributed by atoms with Crippen molar-refractivity contribution in [2.75, 3.05) is 55.6 Å². The molecule has 3 saturated heterocycles. The van der Waals surface area contributed by atoms with Gasteiger partial charge in [-0.15, -0.1) is 0 Å². The molecule has 0 spiro atoms. The van der Waals surface area contributed by atoms with E-state index in [9.17, 15) is 14.0 Å². The number of cyclic esters (lactones) is 1. The van der Waals surface area contributed by atoms with Crippen LogP contribution in [0.1, 0.15) is 6.92 Å². The number of benzene rings is 1.